The summed E-state index contributed by atoms with van der Waals surface area (Å²) in [5.74, 6) is 0.315. The minimum absolute atomic E-state index is 0.0515. The average molecular weight is 479 g/mol. The molecule has 31 heavy (non-hydrogen) atoms. The van der Waals surface area contributed by atoms with Gasteiger partial charge in [-0.15, -0.1) is 16.9 Å². The highest BCUT2D eigenvalue weighted by Gasteiger charge is 2.39. The number of anilines is 1. The highest BCUT2D eigenvalue weighted by molar-refractivity contribution is 7.98. The van der Waals surface area contributed by atoms with E-state index in [1.54, 1.807) is 0 Å². The van der Waals surface area contributed by atoms with E-state index in [0.29, 0.717) is 29.5 Å². The third kappa shape index (κ3) is 5.09. The van der Waals surface area contributed by atoms with Crippen molar-refractivity contribution < 1.29 is 17.6 Å². The molecule has 1 N–H and O–H groups in total. The maximum atomic E-state index is 13.0. The van der Waals surface area contributed by atoms with Gasteiger partial charge in [0.1, 0.15) is 6.04 Å². The van der Waals surface area contributed by atoms with Crippen molar-refractivity contribution in [3.63, 3.8) is 0 Å². The summed E-state index contributed by atoms with van der Waals surface area (Å²) in [4.78, 5) is 13.9. The van der Waals surface area contributed by atoms with E-state index in [1.807, 2.05) is 30.3 Å². The summed E-state index contributed by atoms with van der Waals surface area (Å²) in [6.07, 6.45) is 0.983. The normalized spacial score (nSPS) is 17.0. The first-order chi connectivity index (χ1) is 14.9. The van der Waals surface area contributed by atoms with Crippen LogP contribution in [-0.4, -0.2) is 41.4 Å². The van der Waals surface area contributed by atoms with Crippen LogP contribution in [0.1, 0.15) is 18.7 Å². The second kappa shape index (κ2) is 9.39. The third-order valence-corrected chi connectivity index (χ3v) is 7.90. The van der Waals surface area contributed by atoms with E-state index >= 15 is 0 Å². The molecule has 1 aliphatic heterocycles. The minimum atomic E-state index is -3.83. The molecule has 2 aromatic carbocycles. The second-order valence-electron chi connectivity index (χ2n) is 6.82. The largest absolute Gasteiger partial charge is 0.407 e. The SMILES string of the molecule is O=C(Nc1nnc(CSc2ccccc2)o1)C1CCCN1S(=O)(=O)c1ccc(Cl)cc1. The van der Waals surface area contributed by atoms with Crippen LogP contribution in [0.3, 0.4) is 0 Å². The summed E-state index contributed by atoms with van der Waals surface area (Å²) >= 11 is 7.38. The zero-order valence-corrected chi connectivity index (χ0v) is 18.7. The number of thioether (sulfide) groups is 1. The number of rotatable bonds is 7. The van der Waals surface area contributed by atoms with Crippen LogP contribution in [0.25, 0.3) is 0 Å². The molecule has 0 spiro atoms. The lowest BCUT2D eigenvalue weighted by atomic mass is 10.2. The lowest BCUT2D eigenvalue weighted by Crippen LogP contribution is -2.43. The van der Waals surface area contributed by atoms with Gasteiger partial charge in [-0.05, 0) is 49.2 Å². The molecule has 162 valence electrons. The molecule has 1 saturated heterocycles. The van der Waals surface area contributed by atoms with Crippen LogP contribution in [-0.2, 0) is 20.6 Å². The zero-order valence-electron chi connectivity index (χ0n) is 16.3. The van der Waals surface area contributed by atoms with Crippen LogP contribution in [0.15, 0.2) is 68.8 Å². The molecule has 0 radical (unpaired) electrons. The summed E-state index contributed by atoms with van der Waals surface area (Å²) in [6.45, 7) is 0.256. The lowest BCUT2D eigenvalue weighted by molar-refractivity contribution is -0.119. The fraction of sp³-hybridized carbons (Fsp3) is 0.250. The van der Waals surface area contributed by atoms with E-state index in [-0.39, 0.29) is 17.5 Å². The Morgan fingerprint density at radius 2 is 1.90 bits per heavy atom. The highest BCUT2D eigenvalue weighted by atomic mass is 35.5. The predicted octanol–water partition coefficient (Wildman–Crippen LogP) is 3.81. The molecule has 0 aliphatic carbocycles. The van der Waals surface area contributed by atoms with Crippen molar-refractivity contribution >= 4 is 45.3 Å². The lowest BCUT2D eigenvalue weighted by Gasteiger charge is -2.22. The average Bonchev–Trinajstić information content (AvgIpc) is 3.43. The molecule has 1 fully saturated rings. The van der Waals surface area contributed by atoms with E-state index in [1.165, 1.54) is 40.3 Å². The second-order valence-corrected chi connectivity index (χ2v) is 10.2. The first-order valence-corrected chi connectivity index (χ1v) is 12.3. The van der Waals surface area contributed by atoms with Gasteiger partial charge in [0.25, 0.3) is 0 Å². The third-order valence-electron chi connectivity index (χ3n) is 4.73. The Balaban J connectivity index is 1.41. The molecule has 1 aromatic heterocycles. The van der Waals surface area contributed by atoms with Crippen LogP contribution in [0.4, 0.5) is 6.01 Å². The van der Waals surface area contributed by atoms with Gasteiger partial charge < -0.3 is 4.42 Å². The van der Waals surface area contributed by atoms with Gasteiger partial charge in [-0.1, -0.05) is 34.9 Å². The summed E-state index contributed by atoms with van der Waals surface area (Å²) < 4.78 is 32.7. The van der Waals surface area contributed by atoms with Gasteiger partial charge in [-0.2, -0.15) is 4.31 Å². The number of sulfonamides is 1. The number of benzene rings is 2. The van der Waals surface area contributed by atoms with Crippen molar-refractivity contribution in [3.05, 3.63) is 65.5 Å². The predicted molar refractivity (Wildman–Crippen MR) is 117 cm³/mol. The van der Waals surface area contributed by atoms with Gasteiger partial charge in [-0.25, -0.2) is 8.42 Å². The molecule has 0 saturated carbocycles. The Morgan fingerprint density at radius 3 is 2.65 bits per heavy atom. The Hall–Kier alpha value is -2.40. The number of carbonyl (C=O) groups is 1. The molecule has 1 atom stereocenters. The molecule has 1 aliphatic rings. The molecule has 0 bridgehead atoms. The van der Waals surface area contributed by atoms with Crippen LogP contribution in [0, 0.1) is 0 Å². The van der Waals surface area contributed by atoms with E-state index in [2.05, 4.69) is 15.5 Å². The maximum Gasteiger partial charge on any atom is 0.322 e. The van der Waals surface area contributed by atoms with Gasteiger partial charge in [0.15, 0.2) is 0 Å². The Bertz CT molecular complexity index is 1150. The number of aromatic nitrogens is 2. The molecular formula is C20H19ClN4O4S2. The van der Waals surface area contributed by atoms with Crippen molar-refractivity contribution in [2.45, 2.75) is 34.4 Å². The monoisotopic (exact) mass is 478 g/mol. The molecule has 8 nitrogen and oxygen atoms in total. The van der Waals surface area contributed by atoms with Crippen molar-refractivity contribution in [1.82, 2.24) is 14.5 Å². The number of nitrogens with zero attached hydrogens (tertiary/aromatic N) is 3. The maximum absolute atomic E-state index is 13.0. The summed E-state index contributed by atoms with van der Waals surface area (Å²) in [5, 5.41) is 10.8. The first kappa shape index (κ1) is 21.8. The molecule has 11 heteroatoms. The number of halogens is 1. The van der Waals surface area contributed by atoms with Gasteiger partial charge in [-0.3, -0.25) is 10.1 Å². The fourth-order valence-electron chi connectivity index (χ4n) is 3.24. The summed E-state index contributed by atoms with van der Waals surface area (Å²) in [5.41, 5.74) is 0. The minimum Gasteiger partial charge on any atom is -0.407 e. The van der Waals surface area contributed by atoms with Crippen LogP contribution in [0.5, 0.6) is 0 Å². The molecule has 3 aromatic rings. The molecule has 1 amide bonds. The Morgan fingerprint density at radius 1 is 1.16 bits per heavy atom. The van der Waals surface area contributed by atoms with E-state index in [9.17, 15) is 13.2 Å². The quantitative estimate of drug-likeness (QED) is 0.514. The van der Waals surface area contributed by atoms with Crippen molar-refractivity contribution in [3.8, 4) is 0 Å². The molecule has 4 rings (SSSR count). The molecule has 1 unspecified atom stereocenters. The van der Waals surface area contributed by atoms with Gasteiger partial charge in [0.2, 0.25) is 21.8 Å². The van der Waals surface area contributed by atoms with Crippen molar-refractivity contribution in [2.75, 3.05) is 11.9 Å². The van der Waals surface area contributed by atoms with Gasteiger partial charge >= 0.3 is 6.01 Å². The Kier molecular flexibility index (Phi) is 6.61. The molecule has 2 heterocycles. The highest BCUT2D eigenvalue weighted by Crippen LogP contribution is 2.28. The van der Waals surface area contributed by atoms with Crippen molar-refractivity contribution in [1.29, 1.82) is 0 Å². The number of hydrogen-bond donors (Lipinski definition) is 1. The smallest absolute Gasteiger partial charge is 0.322 e. The zero-order chi connectivity index (χ0) is 21.8. The number of hydrogen-bond acceptors (Lipinski definition) is 7. The molecular weight excluding hydrogens is 460 g/mol. The van der Waals surface area contributed by atoms with E-state index in [0.717, 1.165) is 4.90 Å². The van der Waals surface area contributed by atoms with Crippen LogP contribution in [0.2, 0.25) is 5.02 Å². The fourth-order valence-corrected chi connectivity index (χ4v) is 5.78. The van der Waals surface area contributed by atoms with Crippen LogP contribution < -0.4 is 5.32 Å². The standard InChI is InChI=1S/C20H19ClN4O4S2/c21-14-8-10-16(11-9-14)31(27,28)25-12-4-7-17(25)19(26)22-20-24-23-18(29-20)13-30-15-5-2-1-3-6-15/h1-3,5-6,8-11,17H,4,7,12-13H2,(H,22,24,26). The Labute approximate surface area is 189 Å². The number of amides is 1. The summed E-state index contributed by atoms with van der Waals surface area (Å²) in [6, 6.07) is 14.7. The van der Waals surface area contributed by atoms with E-state index in [4.69, 9.17) is 16.0 Å². The first-order valence-electron chi connectivity index (χ1n) is 9.52. The topological polar surface area (TPSA) is 105 Å². The number of carbonyl (C=O) groups excluding carboxylic acids is 1. The summed E-state index contributed by atoms with van der Waals surface area (Å²) in [7, 11) is -3.83. The van der Waals surface area contributed by atoms with Gasteiger partial charge in [0, 0.05) is 16.5 Å². The number of nitrogens with one attached hydrogen (secondary N) is 1. The van der Waals surface area contributed by atoms with Gasteiger partial charge in [0.05, 0.1) is 10.6 Å². The van der Waals surface area contributed by atoms with E-state index < -0.39 is 22.0 Å². The van der Waals surface area contributed by atoms with Crippen LogP contribution >= 0.6 is 23.4 Å². The van der Waals surface area contributed by atoms with Crippen molar-refractivity contribution in [2.24, 2.45) is 0 Å².